The normalized spacial score (nSPS) is 10.4. The second-order valence-electron chi connectivity index (χ2n) is 3.63. The predicted molar refractivity (Wildman–Crippen MR) is 70.5 cm³/mol. The first-order chi connectivity index (χ1) is 8.60. The Morgan fingerprint density at radius 1 is 1.28 bits per heavy atom. The average molecular weight is 267 g/mol. The number of nitrogens with two attached hydrogens (primary N) is 1. The van der Waals surface area contributed by atoms with Gasteiger partial charge < -0.3 is 10.6 Å². The highest BCUT2D eigenvalue weighted by atomic mass is 35.5. The molecule has 0 saturated carbocycles. The van der Waals surface area contributed by atoms with Gasteiger partial charge in [-0.15, -0.1) is 0 Å². The van der Waals surface area contributed by atoms with Gasteiger partial charge in [-0.3, -0.25) is 0 Å². The fraction of sp³-hybridized carbons (Fsp3) is 0.167. The molecule has 6 heteroatoms. The Morgan fingerprint density at radius 2 is 1.94 bits per heavy atom. The number of benzene rings is 1. The molecule has 94 valence electrons. The summed E-state index contributed by atoms with van der Waals surface area (Å²) in [6, 6.07) is 7.75. The monoisotopic (exact) mass is 266 g/mol. The van der Waals surface area contributed by atoms with Crippen LogP contribution in [0, 0.1) is 5.82 Å². The van der Waals surface area contributed by atoms with Crippen molar-refractivity contribution in [2.24, 2.45) is 0 Å². The molecule has 1 heterocycles. The van der Waals surface area contributed by atoms with E-state index in [-0.39, 0.29) is 16.9 Å². The molecule has 2 N–H and O–H groups in total. The Hall–Kier alpha value is -1.88. The number of nitrogens with zero attached hydrogens (tertiary/aromatic N) is 3. The van der Waals surface area contributed by atoms with E-state index in [2.05, 4.69) is 9.97 Å². The van der Waals surface area contributed by atoms with E-state index < -0.39 is 0 Å². The molecule has 1 aromatic heterocycles. The highest BCUT2D eigenvalue weighted by molar-refractivity contribution is 6.29. The van der Waals surface area contributed by atoms with Crippen LogP contribution in [-0.2, 0) is 0 Å². The Morgan fingerprint density at radius 3 is 2.50 bits per heavy atom. The number of nitrogen functional groups attached to an aromatic ring is 1. The lowest BCUT2D eigenvalue weighted by Crippen LogP contribution is -2.18. The third kappa shape index (κ3) is 2.68. The van der Waals surface area contributed by atoms with Crippen molar-refractivity contribution in [3.63, 3.8) is 0 Å². The van der Waals surface area contributed by atoms with Gasteiger partial charge in [0.15, 0.2) is 0 Å². The zero-order valence-electron chi connectivity index (χ0n) is 9.77. The first-order valence-corrected chi connectivity index (χ1v) is 5.81. The van der Waals surface area contributed by atoms with Crippen LogP contribution < -0.4 is 10.6 Å². The van der Waals surface area contributed by atoms with Crippen molar-refractivity contribution in [3.8, 4) is 0 Å². The summed E-state index contributed by atoms with van der Waals surface area (Å²) >= 11 is 5.85. The maximum Gasteiger partial charge on any atom is 0.223 e. The van der Waals surface area contributed by atoms with Crippen LogP contribution in [0.3, 0.4) is 0 Å². The van der Waals surface area contributed by atoms with Crippen molar-refractivity contribution in [1.29, 1.82) is 0 Å². The summed E-state index contributed by atoms with van der Waals surface area (Å²) in [5.41, 5.74) is 6.37. The minimum atomic E-state index is -0.282. The van der Waals surface area contributed by atoms with E-state index in [1.807, 2.05) is 11.8 Å². The highest BCUT2D eigenvalue weighted by Gasteiger charge is 2.10. The molecule has 0 aliphatic carbocycles. The van der Waals surface area contributed by atoms with Crippen LogP contribution >= 0.6 is 11.6 Å². The number of hydrogen-bond donors (Lipinski definition) is 1. The number of hydrogen-bond acceptors (Lipinski definition) is 4. The van der Waals surface area contributed by atoms with E-state index in [9.17, 15) is 4.39 Å². The zero-order valence-corrected chi connectivity index (χ0v) is 10.5. The van der Waals surface area contributed by atoms with Gasteiger partial charge in [0.2, 0.25) is 5.95 Å². The van der Waals surface area contributed by atoms with Gasteiger partial charge in [-0.2, -0.15) is 4.98 Å². The van der Waals surface area contributed by atoms with Gasteiger partial charge >= 0.3 is 0 Å². The van der Waals surface area contributed by atoms with Crippen LogP contribution in [0.15, 0.2) is 30.3 Å². The molecule has 18 heavy (non-hydrogen) atoms. The second-order valence-corrected chi connectivity index (χ2v) is 4.01. The zero-order chi connectivity index (χ0) is 13.1. The van der Waals surface area contributed by atoms with E-state index in [4.69, 9.17) is 17.3 Å². The van der Waals surface area contributed by atoms with E-state index in [1.165, 1.54) is 12.1 Å². The molecule has 0 bridgehead atoms. The third-order valence-electron chi connectivity index (χ3n) is 2.43. The third-order valence-corrected chi connectivity index (χ3v) is 2.62. The van der Waals surface area contributed by atoms with Gasteiger partial charge in [0.25, 0.3) is 0 Å². The van der Waals surface area contributed by atoms with Crippen molar-refractivity contribution in [2.45, 2.75) is 6.92 Å². The molecule has 2 rings (SSSR count). The van der Waals surface area contributed by atoms with E-state index in [0.29, 0.717) is 12.4 Å². The summed E-state index contributed by atoms with van der Waals surface area (Å²) in [5, 5.41) is 0.276. The van der Waals surface area contributed by atoms with Gasteiger partial charge in [-0.25, -0.2) is 9.37 Å². The molecule has 0 saturated heterocycles. The van der Waals surface area contributed by atoms with E-state index in [0.717, 1.165) is 5.69 Å². The SMILES string of the molecule is CCN(c1ccc(F)cc1)c1cc(Cl)nc(N)n1. The molecule has 0 atom stereocenters. The standard InChI is InChI=1S/C12H12ClFN4/c1-2-18(9-5-3-8(14)4-6-9)11-7-10(13)16-12(15)17-11/h3-7H,2H2,1H3,(H2,15,16,17). The van der Waals surface area contributed by atoms with Crippen LogP contribution in [0.1, 0.15) is 6.92 Å². The minimum Gasteiger partial charge on any atom is -0.368 e. The molecule has 0 spiro atoms. The van der Waals surface area contributed by atoms with Gasteiger partial charge in [-0.1, -0.05) is 11.6 Å². The van der Waals surface area contributed by atoms with Gasteiger partial charge in [-0.05, 0) is 31.2 Å². The van der Waals surface area contributed by atoms with Crippen LogP contribution in [-0.4, -0.2) is 16.5 Å². The first kappa shape index (κ1) is 12.6. The molecule has 0 fully saturated rings. The second kappa shape index (κ2) is 5.18. The van der Waals surface area contributed by atoms with Crippen LogP contribution in [0.25, 0.3) is 0 Å². The van der Waals surface area contributed by atoms with Crippen LogP contribution in [0.5, 0.6) is 0 Å². The summed E-state index contributed by atoms with van der Waals surface area (Å²) in [4.78, 5) is 9.79. The van der Waals surface area contributed by atoms with Gasteiger partial charge in [0, 0.05) is 18.3 Å². The maximum atomic E-state index is 12.9. The molecular formula is C12H12ClFN4. The Labute approximate surface area is 109 Å². The minimum absolute atomic E-state index is 0.109. The number of aromatic nitrogens is 2. The van der Waals surface area contributed by atoms with E-state index >= 15 is 0 Å². The molecule has 0 amide bonds. The number of rotatable bonds is 3. The first-order valence-electron chi connectivity index (χ1n) is 5.43. The predicted octanol–water partition coefficient (Wildman–Crippen LogP) is 3.01. The molecule has 0 aliphatic heterocycles. The number of halogens is 2. The van der Waals surface area contributed by atoms with Crippen LogP contribution in [0.2, 0.25) is 5.15 Å². The largest absolute Gasteiger partial charge is 0.368 e. The molecular weight excluding hydrogens is 255 g/mol. The van der Waals surface area contributed by atoms with Crippen LogP contribution in [0.4, 0.5) is 21.8 Å². The molecule has 0 aliphatic rings. The smallest absolute Gasteiger partial charge is 0.223 e. The highest BCUT2D eigenvalue weighted by Crippen LogP contribution is 2.25. The Kier molecular flexibility index (Phi) is 3.62. The summed E-state index contributed by atoms with van der Waals surface area (Å²) in [6.07, 6.45) is 0. The Bertz CT molecular complexity index is 524. The van der Waals surface area contributed by atoms with Gasteiger partial charge in [0.1, 0.15) is 16.8 Å². The summed E-state index contributed by atoms with van der Waals surface area (Å²) in [5.74, 6) is 0.412. The fourth-order valence-electron chi connectivity index (χ4n) is 1.66. The van der Waals surface area contributed by atoms with Crippen molar-refractivity contribution >= 4 is 29.1 Å². The average Bonchev–Trinajstić information content (AvgIpc) is 2.31. The quantitative estimate of drug-likeness (QED) is 0.868. The van der Waals surface area contributed by atoms with Crippen molar-refractivity contribution in [3.05, 3.63) is 41.3 Å². The summed E-state index contributed by atoms with van der Waals surface area (Å²) in [7, 11) is 0. The molecule has 4 nitrogen and oxygen atoms in total. The fourth-order valence-corrected chi connectivity index (χ4v) is 1.84. The molecule has 2 aromatic rings. The molecule has 0 radical (unpaired) electrons. The lowest BCUT2D eigenvalue weighted by Gasteiger charge is -2.22. The number of anilines is 3. The lowest BCUT2D eigenvalue weighted by atomic mass is 10.2. The maximum absolute atomic E-state index is 12.9. The van der Waals surface area contributed by atoms with Gasteiger partial charge in [0.05, 0.1) is 0 Å². The van der Waals surface area contributed by atoms with Crippen molar-refractivity contribution in [2.75, 3.05) is 17.2 Å². The molecule has 1 aromatic carbocycles. The topological polar surface area (TPSA) is 55.0 Å². The Balaban J connectivity index is 2.41. The summed E-state index contributed by atoms with van der Waals surface area (Å²) < 4.78 is 12.9. The van der Waals surface area contributed by atoms with Crippen molar-refractivity contribution in [1.82, 2.24) is 9.97 Å². The lowest BCUT2D eigenvalue weighted by molar-refractivity contribution is 0.628. The van der Waals surface area contributed by atoms with E-state index in [1.54, 1.807) is 18.2 Å². The summed E-state index contributed by atoms with van der Waals surface area (Å²) in [6.45, 7) is 2.61. The van der Waals surface area contributed by atoms with Crippen molar-refractivity contribution < 1.29 is 4.39 Å². The molecule has 0 unspecified atom stereocenters.